The van der Waals surface area contributed by atoms with Gasteiger partial charge in [0.25, 0.3) is 0 Å². The fourth-order valence-corrected chi connectivity index (χ4v) is 4.82. The molecule has 0 aromatic rings. The van der Waals surface area contributed by atoms with Crippen LogP contribution >= 0.6 is 0 Å². The van der Waals surface area contributed by atoms with Gasteiger partial charge in [-0.1, -0.05) is 110 Å². The lowest BCUT2D eigenvalue weighted by molar-refractivity contribution is -0.144. The first-order valence-corrected chi connectivity index (χ1v) is 13.9. The van der Waals surface area contributed by atoms with E-state index in [2.05, 4.69) is 11.7 Å². The average molecular weight is 453 g/mol. The molecule has 0 spiro atoms. The Morgan fingerprint density at radius 3 is 1.75 bits per heavy atom. The molecule has 0 aliphatic carbocycles. The number of carbonyl (C=O) groups is 2. The van der Waals surface area contributed by atoms with Crippen LogP contribution in [0.1, 0.15) is 148 Å². The highest BCUT2D eigenvalue weighted by molar-refractivity contribution is 5.74. The zero-order valence-electron chi connectivity index (χ0n) is 21.3. The highest BCUT2D eigenvalue weighted by Crippen LogP contribution is 2.29. The Hall–Kier alpha value is -1.06. The Bertz CT molecular complexity index is 462. The molecule has 1 heterocycles. The van der Waals surface area contributed by atoms with E-state index in [-0.39, 0.29) is 24.0 Å². The lowest BCUT2D eigenvalue weighted by Gasteiger charge is -2.08. The van der Waals surface area contributed by atoms with Gasteiger partial charge in [0.15, 0.2) is 0 Å². The standard InChI is InChI=1S/C28H52O4/c1-3-4-5-6-7-8-9-10-11-12-15-18-21-25-24-26(32-28(25)30)22-19-16-13-14-17-20-23-27(29)31-2/h25-26H,3-24H2,1-2H3/t25-,26+/m0/s1. The largest absolute Gasteiger partial charge is 0.469 e. The fraction of sp³-hybridized carbons (Fsp3) is 0.929. The van der Waals surface area contributed by atoms with Crippen molar-refractivity contribution in [2.75, 3.05) is 7.11 Å². The highest BCUT2D eigenvalue weighted by atomic mass is 16.6. The number of hydrogen-bond donors (Lipinski definition) is 0. The zero-order valence-corrected chi connectivity index (χ0v) is 21.3. The van der Waals surface area contributed by atoms with Crippen LogP contribution < -0.4 is 0 Å². The van der Waals surface area contributed by atoms with Crippen molar-refractivity contribution in [2.24, 2.45) is 5.92 Å². The molecule has 32 heavy (non-hydrogen) atoms. The van der Waals surface area contributed by atoms with E-state index in [9.17, 15) is 9.59 Å². The van der Waals surface area contributed by atoms with E-state index in [0.717, 1.165) is 38.5 Å². The molecule has 0 bridgehead atoms. The zero-order chi connectivity index (χ0) is 23.3. The Morgan fingerprint density at radius 2 is 1.22 bits per heavy atom. The lowest BCUT2D eigenvalue weighted by atomic mass is 9.95. The summed E-state index contributed by atoms with van der Waals surface area (Å²) in [4.78, 5) is 23.2. The van der Waals surface area contributed by atoms with E-state index < -0.39 is 0 Å². The molecule has 188 valence electrons. The normalized spacial score (nSPS) is 18.1. The SMILES string of the molecule is CCCCCCCCCCCCCC[C@H]1C[C@@H](CCCCCCCCC(=O)OC)OC1=O. The van der Waals surface area contributed by atoms with E-state index in [1.54, 1.807) is 0 Å². The molecule has 1 fully saturated rings. The van der Waals surface area contributed by atoms with Crippen LogP contribution in [0, 0.1) is 5.92 Å². The van der Waals surface area contributed by atoms with Crippen molar-refractivity contribution in [3.63, 3.8) is 0 Å². The summed E-state index contributed by atoms with van der Waals surface area (Å²) in [7, 11) is 1.45. The highest BCUT2D eigenvalue weighted by Gasteiger charge is 2.33. The second kappa shape index (κ2) is 20.5. The Balaban J connectivity index is 1.88. The van der Waals surface area contributed by atoms with Gasteiger partial charge in [-0.05, 0) is 32.1 Å². The van der Waals surface area contributed by atoms with Crippen LogP contribution in [-0.4, -0.2) is 25.2 Å². The molecule has 0 aromatic carbocycles. The van der Waals surface area contributed by atoms with Gasteiger partial charge in [-0.2, -0.15) is 0 Å². The topological polar surface area (TPSA) is 52.6 Å². The predicted octanol–water partition coefficient (Wildman–Crippen LogP) is 8.30. The summed E-state index contributed by atoms with van der Waals surface area (Å²) in [6.45, 7) is 2.27. The van der Waals surface area contributed by atoms with Gasteiger partial charge in [-0.15, -0.1) is 0 Å². The molecule has 4 nitrogen and oxygen atoms in total. The van der Waals surface area contributed by atoms with Gasteiger partial charge < -0.3 is 9.47 Å². The van der Waals surface area contributed by atoms with Gasteiger partial charge in [0.2, 0.25) is 0 Å². The lowest BCUT2D eigenvalue weighted by Crippen LogP contribution is -2.07. The number of rotatable bonds is 22. The van der Waals surface area contributed by atoms with E-state index in [4.69, 9.17) is 4.74 Å². The molecule has 0 aromatic heterocycles. The van der Waals surface area contributed by atoms with Crippen LogP contribution in [-0.2, 0) is 19.1 Å². The van der Waals surface area contributed by atoms with Gasteiger partial charge in [0.05, 0.1) is 13.0 Å². The number of ether oxygens (including phenoxy) is 2. The van der Waals surface area contributed by atoms with Crippen molar-refractivity contribution in [1.82, 2.24) is 0 Å². The summed E-state index contributed by atoms with van der Waals surface area (Å²) < 4.78 is 10.3. The number of cyclic esters (lactones) is 1. The van der Waals surface area contributed by atoms with Crippen molar-refractivity contribution in [3.8, 4) is 0 Å². The number of unbranched alkanes of at least 4 members (excludes halogenated alkanes) is 16. The van der Waals surface area contributed by atoms with E-state index >= 15 is 0 Å². The molecule has 0 saturated carbocycles. The van der Waals surface area contributed by atoms with E-state index in [1.165, 1.54) is 103 Å². The van der Waals surface area contributed by atoms with Gasteiger partial charge in [0, 0.05) is 6.42 Å². The molecule has 2 atom stereocenters. The van der Waals surface area contributed by atoms with Crippen molar-refractivity contribution in [1.29, 1.82) is 0 Å². The average Bonchev–Trinajstić information content (AvgIpc) is 3.15. The number of methoxy groups -OCH3 is 1. The quantitative estimate of drug-likeness (QED) is 0.122. The first-order valence-electron chi connectivity index (χ1n) is 13.9. The minimum Gasteiger partial charge on any atom is -0.469 e. The van der Waals surface area contributed by atoms with Gasteiger partial charge >= 0.3 is 11.9 Å². The summed E-state index contributed by atoms with van der Waals surface area (Å²) in [6.07, 6.45) is 26.7. The smallest absolute Gasteiger partial charge is 0.309 e. The Labute approximate surface area is 198 Å². The van der Waals surface area contributed by atoms with Crippen molar-refractivity contribution < 1.29 is 19.1 Å². The maximum Gasteiger partial charge on any atom is 0.309 e. The second-order valence-electron chi connectivity index (χ2n) is 9.91. The molecule has 1 rings (SSSR count). The molecule has 0 N–H and O–H groups in total. The fourth-order valence-electron chi connectivity index (χ4n) is 4.82. The van der Waals surface area contributed by atoms with Crippen LogP contribution in [0.25, 0.3) is 0 Å². The summed E-state index contributed by atoms with van der Waals surface area (Å²) in [5, 5.41) is 0. The van der Waals surface area contributed by atoms with Crippen LogP contribution in [0.15, 0.2) is 0 Å². The first-order chi connectivity index (χ1) is 15.7. The third kappa shape index (κ3) is 15.7. The molecule has 1 saturated heterocycles. The monoisotopic (exact) mass is 452 g/mol. The maximum atomic E-state index is 12.1. The maximum absolute atomic E-state index is 12.1. The molecule has 0 radical (unpaired) electrons. The van der Waals surface area contributed by atoms with Crippen molar-refractivity contribution >= 4 is 11.9 Å². The summed E-state index contributed by atoms with van der Waals surface area (Å²) in [5.41, 5.74) is 0. The number of hydrogen-bond acceptors (Lipinski definition) is 4. The molecular formula is C28H52O4. The van der Waals surface area contributed by atoms with Gasteiger partial charge in [-0.3, -0.25) is 9.59 Å². The van der Waals surface area contributed by atoms with E-state index in [0.29, 0.717) is 6.42 Å². The minimum atomic E-state index is -0.105. The number of carbonyl (C=O) groups excluding carboxylic acids is 2. The minimum absolute atomic E-state index is 0.0564. The van der Waals surface area contributed by atoms with Gasteiger partial charge in [-0.25, -0.2) is 0 Å². The molecular weight excluding hydrogens is 400 g/mol. The third-order valence-electron chi connectivity index (χ3n) is 6.95. The molecule has 1 aliphatic rings. The predicted molar refractivity (Wildman–Crippen MR) is 133 cm³/mol. The van der Waals surface area contributed by atoms with Crippen LogP contribution in [0.4, 0.5) is 0 Å². The van der Waals surface area contributed by atoms with Crippen LogP contribution in [0.5, 0.6) is 0 Å². The Morgan fingerprint density at radius 1 is 0.750 bits per heavy atom. The molecule has 4 heteroatoms. The first kappa shape index (κ1) is 29.0. The van der Waals surface area contributed by atoms with Gasteiger partial charge in [0.1, 0.15) is 6.10 Å². The van der Waals surface area contributed by atoms with Crippen LogP contribution in [0.2, 0.25) is 0 Å². The third-order valence-corrected chi connectivity index (χ3v) is 6.95. The molecule has 1 aliphatic heterocycles. The molecule has 0 unspecified atom stereocenters. The van der Waals surface area contributed by atoms with Crippen LogP contribution in [0.3, 0.4) is 0 Å². The Kier molecular flexibility index (Phi) is 18.6. The van der Waals surface area contributed by atoms with Crippen molar-refractivity contribution in [3.05, 3.63) is 0 Å². The summed E-state index contributed by atoms with van der Waals surface area (Å²) >= 11 is 0. The second-order valence-corrected chi connectivity index (χ2v) is 9.91. The molecule has 0 amide bonds. The number of esters is 2. The van der Waals surface area contributed by atoms with Crippen molar-refractivity contribution in [2.45, 2.75) is 154 Å². The summed E-state index contributed by atoms with van der Waals surface area (Å²) in [5.74, 6) is 0.105. The van der Waals surface area contributed by atoms with E-state index in [1.807, 2.05) is 0 Å². The summed E-state index contributed by atoms with van der Waals surface area (Å²) in [6, 6.07) is 0.